The quantitative estimate of drug-likeness (QED) is 0.759. The van der Waals surface area contributed by atoms with Gasteiger partial charge in [0.15, 0.2) is 0 Å². The van der Waals surface area contributed by atoms with E-state index in [0.717, 1.165) is 30.5 Å². The summed E-state index contributed by atoms with van der Waals surface area (Å²) in [4.78, 5) is 19.3. The first kappa shape index (κ1) is 17.6. The Morgan fingerprint density at radius 2 is 1.89 bits per heavy atom. The molecule has 138 valence electrons. The van der Waals surface area contributed by atoms with Gasteiger partial charge >= 0.3 is 0 Å². The number of carbonyl (C=O) groups excluding carboxylic acids is 1. The van der Waals surface area contributed by atoms with Crippen LogP contribution in [0.15, 0.2) is 66.7 Å². The van der Waals surface area contributed by atoms with Crippen LogP contribution in [0.1, 0.15) is 16.1 Å². The van der Waals surface area contributed by atoms with Gasteiger partial charge in [0.05, 0.1) is 18.2 Å². The van der Waals surface area contributed by atoms with Crippen molar-refractivity contribution >= 4 is 16.8 Å². The predicted molar refractivity (Wildman–Crippen MR) is 106 cm³/mol. The second-order valence-electron chi connectivity index (χ2n) is 6.81. The number of ether oxygens (including phenoxy) is 1. The van der Waals surface area contributed by atoms with Crippen LogP contribution in [-0.2, 0) is 11.3 Å². The molecule has 0 saturated carbocycles. The molecule has 0 spiro atoms. The molecule has 5 nitrogen and oxygen atoms in total. The number of benzene rings is 2. The van der Waals surface area contributed by atoms with Gasteiger partial charge in [0.1, 0.15) is 5.69 Å². The Labute approximate surface area is 159 Å². The zero-order valence-corrected chi connectivity index (χ0v) is 15.2. The third kappa shape index (κ3) is 4.51. The highest BCUT2D eigenvalue weighted by Gasteiger charge is 2.21. The highest BCUT2D eigenvalue weighted by atomic mass is 16.5. The monoisotopic (exact) mass is 361 g/mol. The molecular formula is C22H23N3O2. The lowest BCUT2D eigenvalue weighted by molar-refractivity contribution is -0.0292. The molecule has 1 aliphatic heterocycles. The van der Waals surface area contributed by atoms with E-state index in [-0.39, 0.29) is 12.0 Å². The van der Waals surface area contributed by atoms with Crippen LogP contribution in [0.25, 0.3) is 10.9 Å². The van der Waals surface area contributed by atoms with Crippen molar-refractivity contribution in [3.8, 4) is 0 Å². The highest BCUT2D eigenvalue weighted by molar-refractivity contribution is 5.94. The van der Waals surface area contributed by atoms with Crippen LogP contribution in [-0.4, -0.2) is 48.1 Å². The number of fused-ring (bicyclic) bond motifs is 1. The van der Waals surface area contributed by atoms with Gasteiger partial charge in [-0.05, 0) is 17.7 Å². The Bertz CT molecular complexity index is 914. The maximum Gasteiger partial charge on any atom is 0.269 e. The fourth-order valence-electron chi connectivity index (χ4n) is 3.38. The Hall–Kier alpha value is -2.76. The van der Waals surface area contributed by atoms with Gasteiger partial charge in [0.2, 0.25) is 0 Å². The van der Waals surface area contributed by atoms with Gasteiger partial charge in [-0.2, -0.15) is 0 Å². The number of nitrogens with zero attached hydrogens (tertiary/aromatic N) is 2. The van der Waals surface area contributed by atoms with Crippen molar-refractivity contribution in [1.29, 1.82) is 0 Å². The van der Waals surface area contributed by atoms with Crippen LogP contribution < -0.4 is 5.32 Å². The molecule has 3 aromatic rings. The summed E-state index contributed by atoms with van der Waals surface area (Å²) in [6.45, 7) is 3.78. The van der Waals surface area contributed by atoms with Crippen molar-refractivity contribution in [2.75, 3.05) is 26.2 Å². The minimum atomic E-state index is -0.162. The standard InChI is InChI=1S/C22H23N3O2/c26-22(21-11-10-18-8-4-5-9-20(18)24-21)23-14-19-16-25(12-13-27-19)15-17-6-2-1-3-7-17/h1-11,19H,12-16H2,(H,23,26)/t19-/m0/s1. The van der Waals surface area contributed by atoms with E-state index in [1.165, 1.54) is 5.56 Å². The summed E-state index contributed by atoms with van der Waals surface area (Å²) < 4.78 is 5.83. The van der Waals surface area contributed by atoms with E-state index >= 15 is 0 Å². The number of rotatable bonds is 5. The van der Waals surface area contributed by atoms with Crippen LogP contribution >= 0.6 is 0 Å². The van der Waals surface area contributed by atoms with Gasteiger partial charge in [-0.1, -0.05) is 54.6 Å². The first-order valence-electron chi connectivity index (χ1n) is 9.30. The lowest BCUT2D eigenvalue weighted by Crippen LogP contribution is -2.47. The van der Waals surface area contributed by atoms with Crippen molar-refractivity contribution in [2.24, 2.45) is 0 Å². The van der Waals surface area contributed by atoms with Crippen molar-refractivity contribution in [3.05, 3.63) is 78.0 Å². The number of para-hydroxylation sites is 1. The third-order valence-electron chi connectivity index (χ3n) is 4.79. The van der Waals surface area contributed by atoms with Gasteiger partial charge < -0.3 is 10.1 Å². The Morgan fingerprint density at radius 1 is 1.07 bits per heavy atom. The smallest absolute Gasteiger partial charge is 0.269 e. The highest BCUT2D eigenvalue weighted by Crippen LogP contribution is 2.13. The summed E-state index contributed by atoms with van der Waals surface area (Å²) in [5, 5.41) is 3.99. The summed E-state index contributed by atoms with van der Waals surface area (Å²) in [7, 11) is 0. The molecule has 1 fully saturated rings. The summed E-state index contributed by atoms with van der Waals surface area (Å²) >= 11 is 0. The third-order valence-corrected chi connectivity index (χ3v) is 4.79. The lowest BCUT2D eigenvalue weighted by atomic mass is 10.2. The molecule has 1 amide bonds. The largest absolute Gasteiger partial charge is 0.374 e. The van der Waals surface area contributed by atoms with Crippen LogP contribution in [0.5, 0.6) is 0 Å². The normalized spacial score (nSPS) is 17.7. The van der Waals surface area contributed by atoms with Crippen molar-refractivity contribution in [2.45, 2.75) is 12.6 Å². The number of pyridine rings is 1. The molecule has 2 heterocycles. The van der Waals surface area contributed by atoms with E-state index in [2.05, 4.69) is 39.5 Å². The molecule has 0 aliphatic carbocycles. The molecule has 1 atom stereocenters. The minimum Gasteiger partial charge on any atom is -0.374 e. The van der Waals surface area contributed by atoms with Crippen molar-refractivity contribution in [1.82, 2.24) is 15.2 Å². The first-order chi connectivity index (χ1) is 13.3. The molecule has 0 unspecified atom stereocenters. The van der Waals surface area contributed by atoms with Crippen molar-refractivity contribution in [3.63, 3.8) is 0 Å². The molecule has 27 heavy (non-hydrogen) atoms. The molecule has 4 rings (SSSR count). The van der Waals surface area contributed by atoms with Crippen LogP contribution in [0.4, 0.5) is 0 Å². The summed E-state index contributed by atoms with van der Waals surface area (Å²) in [5.41, 5.74) is 2.56. The number of nitrogens with one attached hydrogen (secondary N) is 1. The van der Waals surface area contributed by atoms with E-state index in [1.807, 2.05) is 36.4 Å². The molecule has 1 N–H and O–H groups in total. The Balaban J connectivity index is 1.32. The minimum absolute atomic E-state index is 0.00753. The van der Waals surface area contributed by atoms with E-state index in [9.17, 15) is 4.79 Å². The molecule has 0 radical (unpaired) electrons. The number of hydrogen-bond donors (Lipinski definition) is 1. The van der Waals surface area contributed by atoms with E-state index in [1.54, 1.807) is 6.07 Å². The maximum absolute atomic E-state index is 12.5. The SMILES string of the molecule is O=C(NC[C@H]1CN(Cc2ccccc2)CCO1)c1ccc2ccccc2n1. The van der Waals surface area contributed by atoms with Gasteiger partial charge in [0, 0.05) is 31.6 Å². The van der Waals surface area contributed by atoms with Crippen molar-refractivity contribution < 1.29 is 9.53 Å². The number of carbonyl (C=O) groups is 1. The van der Waals surface area contributed by atoms with Gasteiger partial charge in [-0.15, -0.1) is 0 Å². The van der Waals surface area contributed by atoms with E-state index < -0.39 is 0 Å². The predicted octanol–water partition coefficient (Wildman–Crippen LogP) is 2.87. The Morgan fingerprint density at radius 3 is 2.78 bits per heavy atom. The van der Waals surface area contributed by atoms with Gasteiger partial charge in [0.25, 0.3) is 5.91 Å². The molecule has 1 saturated heterocycles. The average molecular weight is 361 g/mol. The number of amides is 1. The zero-order valence-electron chi connectivity index (χ0n) is 15.2. The molecule has 1 aliphatic rings. The molecule has 1 aromatic heterocycles. The molecule has 2 aromatic carbocycles. The molecule has 5 heteroatoms. The second kappa shape index (κ2) is 8.29. The number of hydrogen-bond acceptors (Lipinski definition) is 4. The lowest BCUT2D eigenvalue weighted by Gasteiger charge is -2.33. The summed E-state index contributed by atoms with van der Waals surface area (Å²) in [6, 6.07) is 21.9. The topological polar surface area (TPSA) is 54.5 Å². The molecular weight excluding hydrogens is 338 g/mol. The van der Waals surface area contributed by atoms with E-state index in [0.29, 0.717) is 18.8 Å². The van der Waals surface area contributed by atoms with Gasteiger partial charge in [-0.25, -0.2) is 4.98 Å². The summed E-state index contributed by atoms with van der Waals surface area (Å²) in [6.07, 6.45) is -0.00753. The number of morpholine rings is 1. The second-order valence-corrected chi connectivity index (χ2v) is 6.81. The number of aromatic nitrogens is 1. The van der Waals surface area contributed by atoms with Crippen LogP contribution in [0, 0.1) is 0 Å². The van der Waals surface area contributed by atoms with Gasteiger partial charge in [-0.3, -0.25) is 9.69 Å². The van der Waals surface area contributed by atoms with Crippen LogP contribution in [0.3, 0.4) is 0 Å². The Kier molecular flexibility index (Phi) is 5.42. The van der Waals surface area contributed by atoms with E-state index in [4.69, 9.17) is 4.74 Å². The zero-order chi connectivity index (χ0) is 18.5. The average Bonchev–Trinajstić information content (AvgIpc) is 2.73. The maximum atomic E-state index is 12.5. The fourth-order valence-corrected chi connectivity index (χ4v) is 3.38. The first-order valence-corrected chi connectivity index (χ1v) is 9.30. The van der Waals surface area contributed by atoms with Crippen LogP contribution in [0.2, 0.25) is 0 Å². The molecule has 0 bridgehead atoms. The fraction of sp³-hybridized carbons (Fsp3) is 0.273. The summed E-state index contributed by atoms with van der Waals surface area (Å²) in [5.74, 6) is -0.162.